The van der Waals surface area contributed by atoms with E-state index in [4.69, 9.17) is 5.11 Å². The molecule has 1 atom stereocenters. The zero-order valence-corrected chi connectivity index (χ0v) is 12.0. The summed E-state index contributed by atoms with van der Waals surface area (Å²) in [6.07, 6.45) is -0.356. The Morgan fingerprint density at radius 3 is 2.32 bits per heavy atom. The first-order valence-corrected chi connectivity index (χ1v) is 7.22. The molecule has 0 saturated carbocycles. The summed E-state index contributed by atoms with van der Waals surface area (Å²) in [6, 6.07) is -1.37. The molecule has 0 aromatic rings. The summed E-state index contributed by atoms with van der Waals surface area (Å²) in [5.74, 6) is -1.85. The molecule has 0 aromatic heterocycles. The summed E-state index contributed by atoms with van der Waals surface area (Å²) in [5.41, 5.74) is 0. The maximum Gasteiger partial charge on any atom is 0.321 e. The van der Waals surface area contributed by atoms with Gasteiger partial charge >= 0.3 is 11.9 Å². The molecule has 0 amide bonds. The van der Waals surface area contributed by atoms with Crippen LogP contribution in [-0.4, -0.2) is 45.2 Å². The quantitative estimate of drug-likeness (QED) is 0.492. The number of carbonyl (C=O) groups excluding carboxylic acids is 1. The van der Waals surface area contributed by atoms with Crippen molar-refractivity contribution in [3.63, 3.8) is 0 Å². The third-order valence-corrected chi connectivity index (χ3v) is 3.28. The largest absolute Gasteiger partial charge is 0.480 e. The molecule has 0 heterocycles. The van der Waals surface area contributed by atoms with Gasteiger partial charge in [-0.1, -0.05) is 13.8 Å². The summed E-state index contributed by atoms with van der Waals surface area (Å²) in [6.45, 7) is 3.82. The van der Waals surface area contributed by atoms with Gasteiger partial charge in [-0.05, 0) is 12.3 Å². The lowest BCUT2D eigenvalue weighted by atomic mass is 10.2. The SMILES string of the molecule is COC(=O)CC[C@H](NS(=O)(=O)NCC(C)C)C(=O)O. The van der Waals surface area contributed by atoms with Gasteiger partial charge in [0, 0.05) is 13.0 Å². The van der Waals surface area contributed by atoms with Crippen LogP contribution < -0.4 is 9.44 Å². The Bertz CT molecular complexity index is 406. The summed E-state index contributed by atoms with van der Waals surface area (Å²) >= 11 is 0. The van der Waals surface area contributed by atoms with E-state index in [1.807, 2.05) is 18.6 Å². The minimum absolute atomic E-state index is 0.0925. The average Bonchev–Trinajstić information content (AvgIpc) is 2.31. The second-order valence-corrected chi connectivity index (χ2v) is 5.90. The van der Waals surface area contributed by atoms with E-state index >= 15 is 0 Å². The standard InChI is InChI=1S/C10H20N2O6S/c1-7(2)6-11-19(16,17)12-8(10(14)15)4-5-9(13)18-3/h7-8,11-12H,4-6H2,1-3H3,(H,14,15)/t8-/m0/s1. The van der Waals surface area contributed by atoms with Crippen LogP contribution in [0.3, 0.4) is 0 Å². The van der Waals surface area contributed by atoms with Crippen molar-refractivity contribution in [2.24, 2.45) is 5.92 Å². The van der Waals surface area contributed by atoms with E-state index in [1.165, 1.54) is 7.11 Å². The van der Waals surface area contributed by atoms with Crippen molar-refractivity contribution in [1.29, 1.82) is 0 Å². The first-order chi connectivity index (χ1) is 8.68. The highest BCUT2D eigenvalue weighted by molar-refractivity contribution is 7.87. The van der Waals surface area contributed by atoms with Crippen LogP contribution in [0, 0.1) is 5.92 Å². The van der Waals surface area contributed by atoms with Crippen molar-refractivity contribution in [2.75, 3.05) is 13.7 Å². The van der Waals surface area contributed by atoms with Gasteiger partial charge in [0.2, 0.25) is 0 Å². The molecule has 3 N–H and O–H groups in total. The van der Waals surface area contributed by atoms with E-state index in [0.29, 0.717) is 0 Å². The maximum absolute atomic E-state index is 11.6. The summed E-state index contributed by atoms with van der Waals surface area (Å²) in [7, 11) is -2.74. The number of rotatable bonds is 9. The van der Waals surface area contributed by atoms with Crippen LogP contribution in [0.1, 0.15) is 26.7 Å². The number of aliphatic carboxylic acids is 1. The van der Waals surface area contributed by atoms with Crippen LogP contribution in [0.2, 0.25) is 0 Å². The predicted molar refractivity (Wildman–Crippen MR) is 67.6 cm³/mol. The fourth-order valence-corrected chi connectivity index (χ4v) is 2.33. The van der Waals surface area contributed by atoms with E-state index in [-0.39, 0.29) is 25.3 Å². The van der Waals surface area contributed by atoms with Gasteiger partial charge in [0.1, 0.15) is 6.04 Å². The number of esters is 1. The highest BCUT2D eigenvalue weighted by Gasteiger charge is 2.24. The molecule has 0 fully saturated rings. The van der Waals surface area contributed by atoms with Crippen molar-refractivity contribution >= 4 is 22.1 Å². The van der Waals surface area contributed by atoms with Crippen molar-refractivity contribution in [2.45, 2.75) is 32.7 Å². The van der Waals surface area contributed by atoms with Crippen molar-refractivity contribution in [3.05, 3.63) is 0 Å². The molecule has 0 aromatic carbocycles. The number of carboxylic acids is 1. The highest BCUT2D eigenvalue weighted by Crippen LogP contribution is 2.01. The van der Waals surface area contributed by atoms with Crippen LogP contribution in [-0.2, 0) is 24.5 Å². The van der Waals surface area contributed by atoms with Gasteiger partial charge in [0.05, 0.1) is 7.11 Å². The Kier molecular flexibility index (Phi) is 7.57. The molecule has 0 aliphatic heterocycles. The van der Waals surface area contributed by atoms with E-state index in [9.17, 15) is 18.0 Å². The fourth-order valence-electron chi connectivity index (χ4n) is 1.10. The van der Waals surface area contributed by atoms with E-state index in [2.05, 4.69) is 9.46 Å². The van der Waals surface area contributed by atoms with E-state index < -0.39 is 28.2 Å². The molecule has 9 heteroatoms. The minimum Gasteiger partial charge on any atom is -0.480 e. The number of carboxylic acid groups (broad SMARTS) is 1. The molecule has 0 bridgehead atoms. The van der Waals surface area contributed by atoms with Crippen molar-refractivity contribution < 1.29 is 27.9 Å². The normalized spacial score (nSPS) is 13.3. The maximum atomic E-state index is 11.6. The Morgan fingerprint density at radius 1 is 1.32 bits per heavy atom. The van der Waals surface area contributed by atoms with Gasteiger partial charge in [0.25, 0.3) is 10.2 Å². The molecule has 0 unspecified atom stereocenters. The second-order valence-electron chi connectivity index (χ2n) is 4.37. The molecule has 0 saturated heterocycles. The zero-order chi connectivity index (χ0) is 15.1. The summed E-state index contributed by atoms with van der Waals surface area (Å²) in [4.78, 5) is 21.8. The number of methoxy groups -OCH3 is 1. The second kappa shape index (κ2) is 8.08. The number of hydrogen-bond acceptors (Lipinski definition) is 5. The molecule has 8 nitrogen and oxygen atoms in total. The lowest BCUT2D eigenvalue weighted by Gasteiger charge is -2.15. The Morgan fingerprint density at radius 2 is 1.89 bits per heavy atom. The number of carbonyl (C=O) groups is 2. The van der Waals surface area contributed by atoms with Gasteiger partial charge in [-0.2, -0.15) is 13.1 Å². The van der Waals surface area contributed by atoms with Crippen LogP contribution >= 0.6 is 0 Å². The molecule has 0 aliphatic rings. The summed E-state index contributed by atoms with van der Waals surface area (Å²) in [5, 5.41) is 8.89. The van der Waals surface area contributed by atoms with Gasteiger partial charge in [-0.15, -0.1) is 0 Å². The average molecular weight is 296 g/mol. The van der Waals surface area contributed by atoms with Gasteiger partial charge in [0.15, 0.2) is 0 Å². The molecular weight excluding hydrogens is 276 g/mol. The Labute approximate surface area is 112 Å². The van der Waals surface area contributed by atoms with Crippen LogP contribution in [0.5, 0.6) is 0 Å². The fraction of sp³-hybridized carbons (Fsp3) is 0.800. The Balaban J connectivity index is 4.49. The van der Waals surface area contributed by atoms with Crippen molar-refractivity contribution in [3.8, 4) is 0 Å². The number of hydrogen-bond donors (Lipinski definition) is 3. The first-order valence-electron chi connectivity index (χ1n) is 5.74. The lowest BCUT2D eigenvalue weighted by molar-refractivity contribution is -0.142. The number of nitrogens with one attached hydrogen (secondary N) is 2. The minimum atomic E-state index is -3.91. The zero-order valence-electron chi connectivity index (χ0n) is 11.2. The van der Waals surface area contributed by atoms with Gasteiger partial charge in [-0.3, -0.25) is 9.59 Å². The molecule has 19 heavy (non-hydrogen) atoms. The first kappa shape index (κ1) is 17.8. The van der Waals surface area contributed by atoms with E-state index in [0.717, 1.165) is 0 Å². The van der Waals surface area contributed by atoms with Crippen LogP contribution in [0.15, 0.2) is 0 Å². The molecule has 112 valence electrons. The Hall–Kier alpha value is -1.19. The predicted octanol–water partition coefficient (Wildman–Crippen LogP) is -0.527. The molecule has 0 spiro atoms. The molecule has 0 aliphatic carbocycles. The lowest BCUT2D eigenvalue weighted by Crippen LogP contribution is -2.47. The van der Waals surface area contributed by atoms with Crippen LogP contribution in [0.4, 0.5) is 0 Å². The van der Waals surface area contributed by atoms with Crippen LogP contribution in [0.25, 0.3) is 0 Å². The smallest absolute Gasteiger partial charge is 0.321 e. The topological polar surface area (TPSA) is 122 Å². The van der Waals surface area contributed by atoms with Gasteiger partial charge in [-0.25, -0.2) is 4.72 Å². The number of ether oxygens (including phenoxy) is 1. The van der Waals surface area contributed by atoms with Crippen molar-refractivity contribution in [1.82, 2.24) is 9.44 Å². The monoisotopic (exact) mass is 296 g/mol. The third kappa shape index (κ3) is 8.51. The van der Waals surface area contributed by atoms with E-state index in [1.54, 1.807) is 0 Å². The molecule has 0 radical (unpaired) electrons. The summed E-state index contributed by atoms with van der Waals surface area (Å²) < 4.78 is 31.7. The molecule has 0 rings (SSSR count). The van der Waals surface area contributed by atoms with Gasteiger partial charge < -0.3 is 9.84 Å². The third-order valence-electron chi connectivity index (χ3n) is 2.14. The molecular formula is C10H20N2O6S. The highest BCUT2D eigenvalue weighted by atomic mass is 32.2.